The van der Waals surface area contributed by atoms with Crippen molar-refractivity contribution >= 4 is 29.1 Å². The molecule has 0 radical (unpaired) electrons. The van der Waals surface area contributed by atoms with Crippen molar-refractivity contribution in [3.63, 3.8) is 0 Å². The summed E-state index contributed by atoms with van der Waals surface area (Å²) in [5.41, 5.74) is 0.642. The molecule has 0 saturated heterocycles. The van der Waals surface area contributed by atoms with E-state index in [1.54, 1.807) is 60.0 Å². The molecule has 0 aliphatic rings. The summed E-state index contributed by atoms with van der Waals surface area (Å²) < 4.78 is 21.2. The fraction of sp³-hybridized carbons (Fsp3) is 0.308. The number of hydrogen-bond donors (Lipinski definition) is 1. The first-order chi connectivity index (χ1) is 16.6. The highest BCUT2D eigenvalue weighted by Crippen LogP contribution is 2.27. The number of carbonyl (C=O) groups is 2. The molecule has 9 heteroatoms. The number of allylic oxidation sites excluding steroid dienone is 1. The number of ketones is 1. The fourth-order valence-electron chi connectivity index (χ4n) is 3.01. The Hall–Kier alpha value is -3.46. The van der Waals surface area contributed by atoms with Crippen LogP contribution in [0.25, 0.3) is 0 Å². The second kappa shape index (κ2) is 11.3. The van der Waals surface area contributed by atoms with Gasteiger partial charge in [0, 0.05) is 23.2 Å². The number of benzene rings is 2. The Morgan fingerprint density at radius 3 is 2.49 bits per heavy atom. The van der Waals surface area contributed by atoms with Crippen LogP contribution in [0.15, 0.2) is 66.3 Å². The molecule has 0 saturated carbocycles. The number of amides is 1. The van der Waals surface area contributed by atoms with Gasteiger partial charge in [-0.1, -0.05) is 50.7 Å². The zero-order chi connectivity index (χ0) is 25.6. The molecule has 184 valence electrons. The third-order valence-corrected chi connectivity index (χ3v) is 6.14. The summed E-state index contributed by atoms with van der Waals surface area (Å²) in [6.07, 6.45) is 1.69. The summed E-state index contributed by atoms with van der Waals surface area (Å²) >= 11 is 1.27. The van der Waals surface area contributed by atoms with Gasteiger partial charge in [-0.2, -0.15) is 0 Å². The standard InChI is InChI=1S/C26H29FN4O3S/c1-6-15-31-22(16-34-21-10-8-7-9-20(21)27)29-30-25(31)35-17(2)23(32)18-11-13-19(14-12-18)28-24(33)26(3,4)5/h6-14,17H,1,15-16H2,2-5H3,(H,28,33). The molecular formula is C26H29FN4O3S. The Kier molecular flexibility index (Phi) is 8.45. The number of aromatic nitrogens is 3. The number of thioether (sulfide) groups is 1. The lowest BCUT2D eigenvalue weighted by Gasteiger charge is -2.18. The van der Waals surface area contributed by atoms with Gasteiger partial charge in [0.15, 0.2) is 28.3 Å². The van der Waals surface area contributed by atoms with Gasteiger partial charge in [0.2, 0.25) is 5.91 Å². The average Bonchev–Trinajstić information content (AvgIpc) is 3.19. The molecule has 0 aliphatic carbocycles. The summed E-state index contributed by atoms with van der Waals surface area (Å²) in [7, 11) is 0. The maximum Gasteiger partial charge on any atom is 0.229 e. The molecular weight excluding hydrogens is 467 g/mol. The summed E-state index contributed by atoms with van der Waals surface area (Å²) in [5.74, 6) is -0.0206. The van der Waals surface area contributed by atoms with Crippen LogP contribution in [0.5, 0.6) is 5.75 Å². The molecule has 35 heavy (non-hydrogen) atoms. The lowest BCUT2D eigenvalue weighted by molar-refractivity contribution is -0.123. The number of Topliss-reactive ketones (excluding diaryl/α,β-unsaturated/α-hetero) is 1. The van der Waals surface area contributed by atoms with E-state index in [2.05, 4.69) is 22.1 Å². The molecule has 0 bridgehead atoms. The van der Waals surface area contributed by atoms with E-state index in [4.69, 9.17) is 4.74 Å². The zero-order valence-electron chi connectivity index (χ0n) is 20.2. The molecule has 1 unspecified atom stereocenters. The van der Waals surface area contributed by atoms with Crippen LogP contribution in [0.4, 0.5) is 10.1 Å². The number of ether oxygens (including phenoxy) is 1. The van der Waals surface area contributed by atoms with Gasteiger partial charge < -0.3 is 10.1 Å². The van der Waals surface area contributed by atoms with Crippen LogP contribution in [0.2, 0.25) is 0 Å². The first-order valence-corrected chi connectivity index (χ1v) is 12.0. The average molecular weight is 497 g/mol. The largest absolute Gasteiger partial charge is 0.483 e. The van der Waals surface area contributed by atoms with Crippen molar-refractivity contribution in [3.8, 4) is 5.75 Å². The number of para-hydroxylation sites is 1. The van der Waals surface area contributed by atoms with Crippen molar-refractivity contribution in [1.82, 2.24) is 14.8 Å². The van der Waals surface area contributed by atoms with Crippen LogP contribution in [0, 0.1) is 11.2 Å². The summed E-state index contributed by atoms with van der Waals surface area (Å²) in [6.45, 7) is 11.5. The van der Waals surface area contributed by atoms with Gasteiger partial charge in [-0.25, -0.2) is 4.39 Å². The van der Waals surface area contributed by atoms with Gasteiger partial charge in [-0.3, -0.25) is 14.2 Å². The van der Waals surface area contributed by atoms with E-state index < -0.39 is 16.5 Å². The van der Waals surface area contributed by atoms with Crippen LogP contribution < -0.4 is 10.1 Å². The zero-order valence-corrected chi connectivity index (χ0v) is 21.1. The van der Waals surface area contributed by atoms with Crippen molar-refractivity contribution in [2.75, 3.05) is 5.32 Å². The molecule has 2 aromatic carbocycles. The number of rotatable bonds is 10. The van der Waals surface area contributed by atoms with E-state index in [-0.39, 0.29) is 24.0 Å². The maximum absolute atomic E-state index is 13.9. The number of hydrogen-bond acceptors (Lipinski definition) is 6. The smallest absolute Gasteiger partial charge is 0.229 e. The van der Waals surface area contributed by atoms with Crippen LogP contribution in [-0.2, 0) is 17.9 Å². The van der Waals surface area contributed by atoms with E-state index >= 15 is 0 Å². The van der Waals surface area contributed by atoms with Gasteiger partial charge >= 0.3 is 0 Å². The van der Waals surface area contributed by atoms with Crippen molar-refractivity contribution in [2.45, 2.75) is 51.3 Å². The van der Waals surface area contributed by atoms with Gasteiger partial charge in [-0.05, 0) is 43.3 Å². The predicted octanol–water partition coefficient (Wildman–Crippen LogP) is 5.53. The van der Waals surface area contributed by atoms with Gasteiger partial charge in [-0.15, -0.1) is 16.8 Å². The van der Waals surface area contributed by atoms with Crippen LogP contribution in [-0.4, -0.2) is 31.7 Å². The van der Waals surface area contributed by atoms with E-state index in [9.17, 15) is 14.0 Å². The molecule has 1 amide bonds. The summed E-state index contributed by atoms with van der Waals surface area (Å²) in [6, 6.07) is 13.0. The first-order valence-electron chi connectivity index (χ1n) is 11.1. The van der Waals surface area contributed by atoms with Crippen molar-refractivity contribution in [3.05, 3.63) is 78.4 Å². The Labute approximate surface area is 208 Å². The maximum atomic E-state index is 13.9. The molecule has 3 aromatic rings. The molecule has 7 nitrogen and oxygen atoms in total. The number of nitrogens with zero attached hydrogens (tertiary/aromatic N) is 3. The monoisotopic (exact) mass is 496 g/mol. The second-order valence-electron chi connectivity index (χ2n) is 8.92. The topological polar surface area (TPSA) is 86.1 Å². The van der Waals surface area contributed by atoms with Gasteiger partial charge in [0.05, 0.1) is 5.25 Å². The van der Waals surface area contributed by atoms with Crippen molar-refractivity contribution in [1.29, 1.82) is 0 Å². The van der Waals surface area contributed by atoms with Crippen LogP contribution in [0.1, 0.15) is 43.9 Å². The number of nitrogens with one attached hydrogen (secondary N) is 1. The Morgan fingerprint density at radius 2 is 1.86 bits per heavy atom. The molecule has 1 atom stereocenters. The van der Waals surface area contributed by atoms with Crippen molar-refractivity contribution in [2.24, 2.45) is 5.41 Å². The third kappa shape index (κ3) is 6.79. The minimum atomic E-state index is -0.514. The molecule has 1 N–H and O–H groups in total. The van der Waals surface area contributed by atoms with Gasteiger partial charge in [0.25, 0.3) is 0 Å². The quantitative estimate of drug-likeness (QED) is 0.226. The Bertz CT molecular complexity index is 1200. The highest BCUT2D eigenvalue weighted by Gasteiger charge is 2.23. The normalized spacial score (nSPS) is 12.1. The number of halogens is 1. The van der Waals surface area contributed by atoms with E-state index in [0.717, 1.165) is 0 Å². The fourth-order valence-corrected chi connectivity index (χ4v) is 3.97. The SMILES string of the molecule is C=CCn1c(COc2ccccc2F)nnc1SC(C)C(=O)c1ccc(NC(=O)C(C)(C)C)cc1. The molecule has 0 aliphatic heterocycles. The van der Waals surface area contributed by atoms with E-state index in [1.165, 1.54) is 17.8 Å². The second-order valence-corrected chi connectivity index (χ2v) is 10.2. The van der Waals surface area contributed by atoms with Gasteiger partial charge in [0.1, 0.15) is 6.61 Å². The minimum Gasteiger partial charge on any atom is -0.483 e. The molecule has 0 spiro atoms. The Morgan fingerprint density at radius 1 is 1.17 bits per heavy atom. The highest BCUT2D eigenvalue weighted by molar-refractivity contribution is 8.00. The summed E-state index contributed by atoms with van der Waals surface area (Å²) in [4.78, 5) is 25.2. The van der Waals surface area contributed by atoms with Crippen LogP contribution >= 0.6 is 11.8 Å². The van der Waals surface area contributed by atoms with E-state index in [1.807, 2.05) is 20.8 Å². The molecule has 3 rings (SSSR count). The first kappa shape index (κ1) is 26.2. The summed E-state index contributed by atoms with van der Waals surface area (Å²) in [5, 5.41) is 11.3. The predicted molar refractivity (Wildman–Crippen MR) is 135 cm³/mol. The molecule has 1 heterocycles. The highest BCUT2D eigenvalue weighted by atomic mass is 32.2. The minimum absolute atomic E-state index is 0.0202. The number of carbonyl (C=O) groups excluding carboxylic acids is 2. The third-order valence-electron chi connectivity index (χ3n) is 5.06. The lowest BCUT2D eigenvalue weighted by atomic mass is 9.95. The molecule has 1 aromatic heterocycles. The van der Waals surface area contributed by atoms with Crippen molar-refractivity contribution < 1.29 is 18.7 Å². The molecule has 0 fully saturated rings. The lowest BCUT2D eigenvalue weighted by Crippen LogP contribution is -2.27. The number of anilines is 1. The van der Waals surface area contributed by atoms with Crippen LogP contribution in [0.3, 0.4) is 0 Å². The Balaban J connectivity index is 1.68. The van der Waals surface area contributed by atoms with E-state index in [0.29, 0.717) is 28.8 Å².